The molecule has 1 N–H and O–H groups in total. The number of rotatable bonds is 7. The van der Waals surface area contributed by atoms with Crippen molar-refractivity contribution in [1.29, 1.82) is 0 Å². The average Bonchev–Trinajstić information content (AvgIpc) is 2.41. The minimum atomic E-state index is -4.03. The minimum Gasteiger partial charge on any atom is -0.748 e. The van der Waals surface area contributed by atoms with E-state index < -0.39 is 10.1 Å². The van der Waals surface area contributed by atoms with Crippen LogP contribution >= 0.6 is 0 Å². The summed E-state index contributed by atoms with van der Waals surface area (Å²) in [4.78, 5) is 10.1. The average molecular weight is 306 g/mol. The molecule has 0 saturated carbocycles. The maximum atomic E-state index is 10.4. The Labute approximate surface area is 122 Å². The molecule has 0 radical (unpaired) electrons. The van der Waals surface area contributed by atoms with Crippen molar-refractivity contribution in [3.05, 3.63) is 11.8 Å². The Hall–Kier alpha value is -0.920. The molecular formula is C13H26N2O4S. The normalized spacial score (nSPS) is 14.7. The van der Waals surface area contributed by atoms with Crippen LogP contribution in [0.15, 0.2) is 11.8 Å². The van der Waals surface area contributed by atoms with Gasteiger partial charge in [0.1, 0.15) is 0 Å². The van der Waals surface area contributed by atoms with E-state index in [1.807, 2.05) is 0 Å². The number of amides is 1. The van der Waals surface area contributed by atoms with Crippen LogP contribution in [0.3, 0.4) is 0 Å². The van der Waals surface area contributed by atoms with Crippen molar-refractivity contribution >= 4 is 16.0 Å². The maximum Gasteiger partial charge on any atom is 0.252 e. The maximum absolute atomic E-state index is 10.4. The van der Waals surface area contributed by atoms with E-state index in [0.717, 1.165) is 36.2 Å². The Bertz CT molecular complexity index is 431. The highest BCUT2D eigenvalue weighted by Crippen LogP contribution is 2.07. The van der Waals surface area contributed by atoms with E-state index >= 15 is 0 Å². The highest BCUT2D eigenvalue weighted by atomic mass is 32.2. The summed E-state index contributed by atoms with van der Waals surface area (Å²) >= 11 is 0. The van der Waals surface area contributed by atoms with Gasteiger partial charge in [-0.15, -0.1) is 0 Å². The van der Waals surface area contributed by atoms with Gasteiger partial charge in [-0.1, -0.05) is 0 Å². The van der Waals surface area contributed by atoms with Crippen molar-refractivity contribution in [2.75, 3.05) is 31.9 Å². The third-order valence-electron chi connectivity index (χ3n) is 3.82. The Balaban J connectivity index is 0.000000493. The van der Waals surface area contributed by atoms with E-state index in [0.29, 0.717) is 6.42 Å². The molecule has 20 heavy (non-hydrogen) atoms. The van der Waals surface area contributed by atoms with Crippen molar-refractivity contribution in [2.45, 2.75) is 34.1 Å². The van der Waals surface area contributed by atoms with Crippen LogP contribution in [0.5, 0.6) is 0 Å². The lowest BCUT2D eigenvalue weighted by molar-refractivity contribution is -0.923. The number of hydrogen-bond donors (Lipinski definition) is 1. The molecule has 0 spiro atoms. The highest BCUT2D eigenvalue weighted by Gasteiger charge is 2.19. The molecule has 118 valence electrons. The van der Waals surface area contributed by atoms with E-state index in [2.05, 4.69) is 26.1 Å². The lowest BCUT2D eigenvalue weighted by atomic mass is 10.2. The first-order chi connectivity index (χ1) is 9.19. The zero-order chi connectivity index (χ0) is 15.8. The first kappa shape index (κ1) is 19.1. The van der Waals surface area contributed by atoms with Crippen LogP contribution in [-0.4, -0.2) is 55.3 Å². The quantitative estimate of drug-likeness (QED) is 0.557. The van der Waals surface area contributed by atoms with Gasteiger partial charge in [-0.25, -0.2) is 8.42 Å². The second-order valence-corrected chi connectivity index (χ2v) is 6.45. The Morgan fingerprint density at radius 2 is 1.65 bits per heavy atom. The molecule has 0 aliphatic carbocycles. The van der Waals surface area contributed by atoms with Gasteiger partial charge < -0.3 is 14.4 Å². The monoisotopic (exact) mass is 306 g/mol. The number of quaternary nitrogens is 1. The van der Waals surface area contributed by atoms with Crippen LogP contribution in [-0.2, 0) is 14.9 Å². The first-order valence-electron chi connectivity index (χ1n) is 6.96. The summed E-state index contributed by atoms with van der Waals surface area (Å²) in [5.74, 6) is -0.178. The molecule has 0 fully saturated rings. The summed E-state index contributed by atoms with van der Waals surface area (Å²) in [6.07, 6.45) is 2.16. The molecule has 7 heteroatoms. The largest absolute Gasteiger partial charge is 0.748 e. The molecule has 6 nitrogen and oxygen atoms in total. The molecule has 0 aromatic rings. The van der Waals surface area contributed by atoms with Gasteiger partial charge in [0.2, 0.25) is 0 Å². The van der Waals surface area contributed by atoms with E-state index in [1.54, 1.807) is 13.1 Å². The van der Waals surface area contributed by atoms with E-state index in [9.17, 15) is 17.8 Å². The van der Waals surface area contributed by atoms with Crippen LogP contribution in [0.2, 0.25) is 0 Å². The lowest BCUT2D eigenvalue weighted by Crippen LogP contribution is -2.48. The minimum absolute atomic E-state index is 0.0509. The van der Waals surface area contributed by atoms with Crippen molar-refractivity contribution in [3.63, 3.8) is 0 Å². The highest BCUT2D eigenvalue weighted by molar-refractivity contribution is 7.85. The molecule has 0 aromatic heterocycles. The number of carbonyl (C=O) groups is 1. The molecule has 1 heterocycles. The summed E-state index contributed by atoms with van der Waals surface area (Å²) in [5, 5.41) is 2.46. The zero-order valence-electron chi connectivity index (χ0n) is 12.8. The summed E-state index contributed by atoms with van der Waals surface area (Å²) in [6.45, 7) is 11.8. The molecule has 1 rings (SSSR count). The second-order valence-electron chi connectivity index (χ2n) is 4.93. The zero-order valence-corrected chi connectivity index (χ0v) is 13.6. The molecule has 0 saturated heterocycles. The molecule has 0 aromatic carbocycles. The number of carbonyl (C=O) groups excluding carboxylic acids is 1. The van der Waals surface area contributed by atoms with Crippen LogP contribution in [0.1, 0.15) is 34.1 Å². The predicted octanol–water partition coefficient (Wildman–Crippen LogP) is 0.818. The van der Waals surface area contributed by atoms with E-state index in [1.165, 1.54) is 0 Å². The molecule has 0 unspecified atom stereocenters. The third-order valence-corrected chi connectivity index (χ3v) is 4.61. The summed E-state index contributed by atoms with van der Waals surface area (Å²) in [6, 6.07) is 0. The lowest BCUT2D eigenvalue weighted by Gasteiger charge is -2.35. The Morgan fingerprint density at radius 3 is 1.85 bits per heavy atom. The molecule has 1 amide bonds. The first-order valence-corrected chi connectivity index (χ1v) is 8.53. The van der Waals surface area contributed by atoms with Crippen molar-refractivity contribution < 1.29 is 22.2 Å². The predicted molar refractivity (Wildman–Crippen MR) is 77.8 cm³/mol. The number of nitrogens with zero attached hydrogens (tertiary/aromatic N) is 1. The van der Waals surface area contributed by atoms with Gasteiger partial charge >= 0.3 is 0 Å². The van der Waals surface area contributed by atoms with E-state index in [4.69, 9.17) is 0 Å². The molecule has 1 aliphatic rings. The molecule has 0 atom stereocenters. The Kier molecular flexibility index (Phi) is 8.00. The van der Waals surface area contributed by atoms with Gasteiger partial charge in [0.05, 0.1) is 36.3 Å². The third kappa shape index (κ3) is 7.02. The van der Waals surface area contributed by atoms with Gasteiger partial charge in [0.25, 0.3) is 5.91 Å². The van der Waals surface area contributed by atoms with Crippen LogP contribution in [0, 0.1) is 0 Å². The number of hydrogen-bond acceptors (Lipinski definition) is 4. The fourth-order valence-corrected chi connectivity index (χ4v) is 2.48. The second kappa shape index (κ2) is 8.39. The smallest absolute Gasteiger partial charge is 0.252 e. The van der Waals surface area contributed by atoms with Crippen molar-refractivity contribution in [2.24, 2.45) is 0 Å². The molecule has 0 bridgehead atoms. The standard InChI is InChI=1S/C9H21NO3S.C4H5NO/c1-4-10(5-2,6-3)8-7-9-14(11,12)13;1-3-2-5-4(3)6/h4-9H2,1-3H3;2H,1H3,(H,5,6). The fourth-order valence-electron chi connectivity index (χ4n) is 2.00. The Morgan fingerprint density at radius 1 is 1.20 bits per heavy atom. The van der Waals surface area contributed by atoms with Gasteiger partial charge in [-0.3, -0.25) is 4.79 Å². The fraction of sp³-hybridized carbons (Fsp3) is 0.769. The number of nitrogens with one attached hydrogen (secondary N) is 1. The van der Waals surface area contributed by atoms with E-state index in [-0.39, 0.29) is 11.7 Å². The molecule has 1 aliphatic heterocycles. The van der Waals surface area contributed by atoms with Crippen LogP contribution in [0.25, 0.3) is 0 Å². The summed E-state index contributed by atoms with van der Waals surface area (Å²) < 4.78 is 32.2. The van der Waals surface area contributed by atoms with Crippen LogP contribution < -0.4 is 5.32 Å². The SMILES string of the molecule is CC1=CNC1=O.CC[N+](CC)(CC)CCCS(=O)(=O)[O-]. The van der Waals surface area contributed by atoms with Crippen LogP contribution in [0.4, 0.5) is 0 Å². The van der Waals surface area contributed by atoms with Gasteiger partial charge in [0.15, 0.2) is 0 Å². The van der Waals surface area contributed by atoms with Crippen molar-refractivity contribution in [1.82, 2.24) is 5.32 Å². The van der Waals surface area contributed by atoms with Crippen molar-refractivity contribution in [3.8, 4) is 0 Å². The molecular weight excluding hydrogens is 280 g/mol. The summed E-state index contributed by atoms with van der Waals surface area (Å²) in [7, 11) is -4.03. The van der Waals surface area contributed by atoms with Gasteiger partial charge in [0, 0.05) is 23.9 Å². The van der Waals surface area contributed by atoms with Gasteiger partial charge in [-0.2, -0.15) is 0 Å². The van der Waals surface area contributed by atoms with Gasteiger partial charge in [-0.05, 0) is 27.7 Å². The topological polar surface area (TPSA) is 86.3 Å². The summed E-state index contributed by atoms with van der Waals surface area (Å²) in [5.41, 5.74) is 0.815.